The summed E-state index contributed by atoms with van der Waals surface area (Å²) in [6.07, 6.45) is 1.76. The molecule has 0 unspecified atom stereocenters. The van der Waals surface area contributed by atoms with Crippen molar-refractivity contribution in [2.45, 2.75) is 6.92 Å². The van der Waals surface area contributed by atoms with Gasteiger partial charge in [0.25, 0.3) is 0 Å². The molecule has 0 spiro atoms. The van der Waals surface area contributed by atoms with Crippen LogP contribution < -0.4 is 5.73 Å². The third kappa shape index (κ3) is 1.97. The van der Waals surface area contributed by atoms with E-state index in [2.05, 4.69) is 10.3 Å². The van der Waals surface area contributed by atoms with Crippen LogP contribution in [0.25, 0.3) is 16.9 Å². The third-order valence-corrected chi connectivity index (χ3v) is 3.20. The molecule has 2 N–H and O–H groups in total. The summed E-state index contributed by atoms with van der Waals surface area (Å²) in [7, 11) is 0. The van der Waals surface area contributed by atoms with Crippen molar-refractivity contribution < 1.29 is 0 Å². The lowest BCUT2D eigenvalue weighted by Gasteiger charge is -2.10. The first-order valence-corrected chi connectivity index (χ1v) is 6.09. The largest absolute Gasteiger partial charge is 0.398 e. The normalized spacial score (nSPS) is 10.6. The van der Waals surface area contributed by atoms with Gasteiger partial charge in [-0.05, 0) is 30.7 Å². The van der Waals surface area contributed by atoms with E-state index in [1.807, 2.05) is 60.1 Å². The number of para-hydroxylation sites is 1. The molecular weight excluding hydrogens is 236 g/mol. The Hall–Kier alpha value is -2.62. The first kappa shape index (κ1) is 11.5. The molecule has 2 aromatic carbocycles. The fourth-order valence-corrected chi connectivity index (χ4v) is 2.11. The molecule has 94 valence electrons. The van der Waals surface area contributed by atoms with E-state index in [-0.39, 0.29) is 0 Å². The van der Waals surface area contributed by atoms with E-state index < -0.39 is 0 Å². The molecule has 0 fully saturated rings. The van der Waals surface area contributed by atoms with E-state index in [1.54, 1.807) is 6.20 Å². The van der Waals surface area contributed by atoms with E-state index in [9.17, 15) is 0 Å². The van der Waals surface area contributed by atoms with E-state index in [4.69, 9.17) is 5.73 Å². The van der Waals surface area contributed by atoms with Crippen LogP contribution >= 0.6 is 0 Å². The number of anilines is 1. The van der Waals surface area contributed by atoms with Crippen LogP contribution in [0.3, 0.4) is 0 Å². The van der Waals surface area contributed by atoms with Crippen LogP contribution in [0.1, 0.15) is 5.56 Å². The minimum Gasteiger partial charge on any atom is -0.398 e. The van der Waals surface area contributed by atoms with Crippen LogP contribution in [0.5, 0.6) is 0 Å². The van der Waals surface area contributed by atoms with Gasteiger partial charge < -0.3 is 5.73 Å². The highest BCUT2D eigenvalue weighted by atomic mass is 15.4. The maximum Gasteiger partial charge on any atom is 0.0947 e. The summed E-state index contributed by atoms with van der Waals surface area (Å²) in [5.41, 5.74) is 10.8. The van der Waals surface area contributed by atoms with Crippen LogP contribution in [-0.4, -0.2) is 15.0 Å². The molecule has 3 rings (SSSR count). The zero-order valence-corrected chi connectivity index (χ0v) is 10.6. The van der Waals surface area contributed by atoms with Crippen molar-refractivity contribution in [1.29, 1.82) is 0 Å². The van der Waals surface area contributed by atoms with Crippen LogP contribution in [0.15, 0.2) is 54.7 Å². The molecule has 0 saturated heterocycles. The first-order chi connectivity index (χ1) is 9.27. The lowest BCUT2D eigenvalue weighted by molar-refractivity contribution is 0.807. The Morgan fingerprint density at radius 2 is 1.79 bits per heavy atom. The average Bonchev–Trinajstić information content (AvgIpc) is 2.92. The topological polar surface area (TPSA) is 56.7 Å². The molecule has 0 saturated carbocycles. The number of hydrogen-bond donors (Lipinski definition) is 1. The molecule has 19 heavy (non-hydrogen) atoms. The molecule has 1 heterocycles. The molecule has 0 radical (unpaired) electrons. The summed E-state index contributed by atoms with van der Waals surface area (Å²) in [4.78, 5) is 0. The molecule has 4 heteroatoms. The average molecular weight is 250 g/mol. The second-order valence-corrected chi connectivity index (χ2v) is 4.39. The standard InChI is InChI=1S/C15H14N4/c1-11-13(8-5-9-14(11)16)15-10-17-18-19(15)12-6-3-2-4-7-12/h2-10H,16H2,1H3. The SMILES string of the molecule is Cc1c(N)cccc1-c1cnnn1-c1ccccc1. The molecule has 4 nitrogen and oxygen atoms in total. The zero-order chi connectivity index (χ0) is 13.2. The van der Waals surface area contributed by atoms with Crippen LogP contribution in [0.4, 0.5) is 5.69 Å². The molecule has 0 amide bonds. The van der Waals surface area contributed by atoms with Gasteiger partial charge in [0.2, 0.25) is 0 Å². The van der Waals surface area contributed by atoms with Crippen molar-refractivity contribution in [2.75, 3.05) is 5.73 Å². The van der Waals surface area contributed by atoms with E-state index in [0.717, 1.165) is 28.2 Å². The van der Waals surface area contributed by atoms with Crippen molar-refractivity contribution in [3.8, 4) is 16.9 Å². The Balaban J connectivity index is 2.18. The number of benzene rings is 2. The van der Waals surface area contributed by atoms with Crippen molar-refractivity contribution in [3.05, 3.63) is 60.3 Å². The third-order valence-electron chi connectivity index (χ3n) is 3.20. The Morgan fingerprint density at radius 3 is 2.58 bits per heavy atom. The first-order valence-electron chi connectivity index (χ1n) is 6.09. The van der Waals surface area contributed by atoms with Crippen molar-refractivity contribution in [1.82, 2.24) is 15.0 Å². The number of hydrogen-bond acceptors (Lipinski definition) is 3. The Bertz CT molecular complexity index is 701. The highest BCUT2D eigenvalue weighted by Crippen LogP contribution is 2.27. The molecule has 0 atom stereocenters. The molecule has 0 aliphatic rings. The fourth-order valence-electron chi connectivity index (χ4n) is 2.11. The van der Waals surface area contributed by atoms with Crippen LogP contribution in [0, 0.1) is 6.92 Å². The van der Waals surface area contributed by atoms with Crippen molar-refractivity contribution in [3.63, 3.8) is 0 Å². The number of nitrogens with two attached hydrogens (primary N) is 1. The second-order valence-electron chi connectivity index (χ2n) is 4.39. The summed E-state index contributed by atoms with van der Waals surface area (Å²) in [6.45, 7) is 2.01. The maximum absolute atomic E-state index is 5.97. The summed E-state index contributed by atoms with van der Waals surface area (Å²) < 4.78 is 1.82. The lowest BCUT2D eigenvalue weighted by atomic mass is 10.0. The van der Waals surface area contributed by atoms with Gasteiger partial charge in [-0.15, -0.1) is 5.10 Å². The quantitative estimate of drug-likeness (QED) is 0.711. The highest BCUT2D eigenvalue weighted by molar-refractivity contribution is 5.70. The second kappa shape index (κ2) is 4.57. The minimum atomic E-state index is 0.776. The van der Waals surface area contributed by atoms with Gasteiger partial charge in [-0.2, -0.15) is 0 Å². The van der Waals surface area contributed by atoms with Crippen LogP contribution in [0.2, 0.25) is 0 Å². The van der Waals surface area contributed by atoms with E-state index in [0.29, 0.717) is 0 Å². The van der Waals surface area contributed by atoms with Crippen LogP contribution in [-0.2, 0) is 0 Å². The molecule has 0 aliphatic heterocycles. The van der Waals surface area contributed by atoms with Gasteiger partial charge in [0.05, 0.1) is 17.6 Å². The molecule has 1 aromatic heterocycles. The van der Waals surface area contributed by atoms with Gasteiger partial charge >= 0.3 is 0 Å². The van der Waals surface area contributed by atoms with E-state index >= 15 is 0 Å². The van der Waals surface area contributed by atoms with Crippen molar-refractivity contribution >= 4 is 5.69 Å². The molecule has 0 aliphatic carbocycles. The van der Waals surface area contributed by atoms with Gasteiger partial charge in [0, 0.05) is 11.3 Å². The number of rotatable bonds is 2. The van der Waals surface area contributed by atoms with Gasteiger partial charge in [-0.25, -0.2) is 4.68 Å². The van der Waals surface area contributed by atoms with Gasteiger partial charge in [-0.3, -0.25) is 0 Å². The lowest BCUT2D eigenvalue weighted by Crippen LogP contribution is -2.01. The molecule has 3 aromatic rings. The zero-order valence-electron chi connectivity index (χ0n) is 10.6. The maximum atomic E-state index is 5.97. The predicted molar refractivity (Wildman–Crippen MR) is 75.9 cm³/mol. The highest BCUT2D eigenvalue weighted by Gasteiger charge is 2.11. The number of nitrogens with zero attached hydrogens (tertiary/aromatic N) is 3. The smallest absolute Gasteiger partial charge is 0.0947 e. The number of aromatic nitrogens is 3. The van der Waals surface area contributed by atoms with Gasteiger partial charge in [0.15, 0.2) is 0 Å². The Morgan fingerprint density at radius 1 is 1.00 bits per heavy atom. The molecule has 0 bridgehead atoms. The fraction of sp³-hybridized carbons (Fsp3) is 0.0667. The summed E-state index contributed by atoms with van der Waals surface area (Å²) in [6, 6.07) is 15.8. The van der Waals surface area contributed by atoms with Gasteiger partial charge in [-0.1, -0.05) is 35.5 Å². The van der Waals surface area contributed by atoms with E-state index in [1.165, 1.54) is 0 Å². The minimum absolute atomic E-state index is 0.776. The summed E-state index contributed by atoms with van der Waals surface area (Å²) >= 11 is 0. The Kier molecular flexibility index (Phi) is 2.76. The van der Waals surface area contributed by atoms with Gasteiger partial charge in [0.1, 0.15) is 0 Å². The summed E-state index contributed by atoms with van der Waals surface area (Å²) in [5, 5.41) is 8.18. The predicted octanol–water partition coefficient (Wildman–Crippen LogP) is 2.82. The summed E-state index contributed by atoms with van der Waals surface area (Å²) in [5.74, 6) is 0. The number of nitrogen functional groups attached to an aromatic ring is 1. The molecular formula is C15H14N4. The van der Waals surface area contributed by atoms with Crippen molar-refractivity contribution in [2.24, 2.45) is 0 Å². The monoisotopic (exact) mass is 250 g/mol. The Labute approximate surface area is 111 Å².